The van der Waals surface area contributed by atoms with E-state index in [0.717, 1.165) is 0 Å². The SMILES string of the molecule is O=[N+]([O-])c1cc(CNCC(F)(F)C(F)F)ccc1Br. The topological polar surface area (TPSA) is 55.2 Å². The predicted molar refractivity (Wildman–Crippen MR) is 63.5 cm³/mol. The lowest BCUT2D eigenvalue weighted by atomic mass is 10.2. The first-order chi connectivity index (χ1) is 8.74. The zero-order valence-corrected chi connectivity index (χ0v) is 11.0. The molecule has 0 aliphatic heterocycles. The second-order valence-corrected chi connectivity index (χ2v) is 4.56. The monoisotopic (exact) mass is 344 g/mol. The lowest BCUT2D eigenvalue weighted by Gasteiger charge is -2.15. The van der Waals surface area contributed by atoms with Crippen LogP contribution in [-0.4, -0.2) is 23.8 Å². The zero-order chi connectivity index (χ0) is 14.6. The van der Waals surface area contributed by atoms with Gasteiger partial charge in [0.05, 0.1) is 15.9 Å². The van der Waals surface area contributed by atoms with Gasteiger partial charge in [0, 0.05) is 12.6 Å². The van der Waals surface area contributed by atoms with Gasteiger partial charge in [-0.2, -0.15) is 8.78 Å². The van der Waals surface area contributed by atoms with Crippen LogP contribution in [0.2, 0.25) is 0 Å². The Balaban J connectivity index is 2.64. The van der Waals surface area contributed by atoms with E-state index in [2.05, 4.69) is 21.2 Å². The van der Waals surface area contributed by atoms with E-state index in [4.69, 9.17) is 0 Å². The molecule has 0 aromatic heterocycles. The van der Waals surface area contributed by atoms with Crippen molar-refractivity contribution in [3.05, 3.63) is 38.3 Å². The summed E-state index contributed by atoms with van der Waals surface area (Å²) in [4.78, 5) is 9.99. The molecule has 0 amide bonds. The Labute approximate surface area is 114 Å². The lowest BCUT2D eigenvalue weighted by molar-refractivity contribution is -0.385. The van der Waals surface area contributed by atoms with Gasteiger partial charge in [-0.1, -0.05) is 6.07 Å². The minimum atomic E-state index is -4.12. The molecule has 1 N–H and O–H groups in total. The smallest absolute Gasteiger partial charge is 0.307 e. The molecule has 19 heavy (non-hydrogen) atoms. The molecule has 1 rings (SSSR count). The van der Waals surface area contributed by atoms with Crippen molar-refractivity contribution in [2.24, 2.45) is 0 Å². The van der Waals surface area contributed by atoms with Gasteiger partial charge in [0.15, 0.2) is 0 Å². The molecule has 4 nitrogen and oxygen atoms in total. The zero-order valence-electron chi connectivity index (χ0n) is 9.38. The first-order valence-corrected chi connectivity index (χ1v) is 5.83. The highest BCUT2D eigenvalue weighted by Crippen LogP contribution is 2.26. The van der Waals surface area contributed by atoms with Gasteiger partial charge < -0.3 is 5.32 Å². The van der Waals surface area contributed by atoms with Crippen LogP contribution in [0.5, 0.6) is 0 Å². The summed E-state index contributed by atoms with van der Waals surface area (Å²) < 4.78 is 49.2. The van der Waals surface area contributed by atoms with Crippen LogP contribution in [0.25, 0.3) is 0 Å². The highest BCUT2D eigenvalue weighted by atomic mass is 79.9. The third-order valence-corrected chi connectivity index (χ3v) is 2.89. The summed E-state index contributed by atoms with van der Waals surface area (Å²) in [6.45, 7) is -1.37. The molecule has 0 radical (unpaired) electrons. The molecule has 0 bridgehead atoms. The predicted octanol–water partition coefficient (Wildman–Crippen LogP) is 3.35. The van der Waals surface area contributed by atoms with Crippen LogP contribution in [0.1, 0.15) is 5.56 Å². The Bertz CT molecular complexity index is 471. The molecular weight excluding hydrogens is 336 g/mol. The number of nitrogens with one attached hydrogen (secondary N) is 1. The molecule has 0 fully saturated rings. The number of nitro groups is 1. The van der Waals surface area contributed by atoms with Gasteiger partial charge in [-0.15, -0.1) is 0 Å². The summed E-state index contributed by atoms with van der Waals surface area (Å²) in [5.74, 6) is -4.12. The van der Waals surface area contributed by atoms with Gasteiger partial charge in [-0.05, 0) is 27.6 Å². The summed E-state index contributed by atoms with van der Waals surface area (Å²) in [5.41, 5.74) is 0.125. The minimum Gasteiger partial charge on any atom is -0.307 e. The van der Waals surface area contributed by atoms with Crippen molar-refractivity contribution in [3.63, 3.8) is 0 Å². The van der Waals surface area contributed by atoms with Gasteiger partial charge in [0.25, 0.3) is 5.69 Å². The number of alkyl halides is 4. The number of rotatable bonds is 6. The summed E-state index contributed by atoms with van der Waals surface area (Å²) >= 11 is 2.97. The van der Waals surface area contributed by atoms with Crippen LogP contribution in [0, 0.1) is 10.1 Å². The van der Waals surface area contributed by atoms with E-state index in [0.29, 0.717) is 5.56 Å². The van der Waals surface area contributed by atoms with Crippen LogP contribution in [0.4, 0.5) is 23.2 Å². The quantitative estimate of drug-likeness (QED) is 0.489. The van der Waals surface area contributed by atoms with Crippen molar-refractivity contribution in [2.45, 2.75) is 18.9 Å². The molecule has 0 unspecified atom stereocenters. The van der Waals surface area contributed by atoms with Crippen molar-refractivity contribution in [1.82, 2.24) is 5.32 Å². The second-order valence-electron chi connectivity index (χ2n) is 3.71. The van der Waals surface area contributed by atoms with Crippen molar-refractivity contribution in [1.29, 1.82) is 0 Å². The van der Waals surface area contributed by atoms with Gasteiger partial charge in [-0.25, -0.2) is 8.78 Å². The average molecular weight is 345 g/mol. The summed E-state index contributed by atoms with van der Waals surface area (Å²) in [6.07, 6.45) is -3.75. The Morgan fingerprint density at radius 1 is 1.42 bits per heavy atom. The lowest BCUT2D eigenvalue weighted by Crippen LogP contribution is -2.38. The van der Waals surface area contributed by atoms with Gasteiger partial charge in [0.2, 0.25) is 0 Å². The van der Waals surface area contributed by atoms with Crippen molar-refractivity contribution >= 4 is 21.6 Å². The average Bonchev–Trinajstić information content (AvgIpc) is 2.30. The van der Waals surface area contributed by atoms with E-state index >= 15 is 0 Å². The maximum atomic E-state index is 12.6. The summed E-state index contributed by atoms with van der Waals surface area (Å²) in [6, 6.07) is 4.03. The minimum absolute atomic E-state index is 0.170. The molecular formula is C10H9BrF4N2O2. The van der Waals surface area contributed by atoms with Crippen LogP contribution in [0.3, 0.4) is 0 Å². The number of benzene rings is 1. The fourth-order valence-electron chi connectivity index (χ4n) is 1.26. The van der Waals surface area contributed by atoms with E-state index < -0.39 is 23.8 Å². The fourth-order valence-corrected chi connectivity index (χ4v) is 1.65. The molecule has 0 saturated heterocycles. The largest absolute Gasteiger partial charge is 0.319 e. The van der Waals surface area contributed by atoms with Crippen LogP contribution in [-0.2, 0) is 6.54 Å². The number of nitrogens with zero attached hydrogens (tertiary/aromatic N) is 1. The first kappa shape index (κ1) is 15.8. The number of halogens is 5. The van der Waals surface area contributed by atoms with Crippen LogP contribution >= 0.6 is 15.9 Å². The van der Waals surface area contributed by atoms with Crippen LogP contribution in [0.15, 0.2) is 22.7 Å². The molecule has 0 heterocycles. The van der Waals surface area contributed by atoms with E-state index in [-0.39, 0.29) is 16.7 Å². The van der Waals surface area contributed by atoms with Crippen molar-refractivity contribution in [2.75, 3.05) is 6.54 Å². The van der Waals surface area contributed by atoms with Crippen molar-refractivity contribution < 1.29 is 22.5 Å². The second kappa shape index (κ2) is 6.29. The molecule has 0 atom stereocenters. The molecule has 0 spiro atoms. The van der Waals surface area contributed by atoms with E-state index in [1.807, 2.05) is 0 Å². The fraction of sp³-hybridized carbons (Fsp3) is 0.400. The Hall–Kier alpha value is -1.22. The molecule has 9 heteroatoms. The van der Waals surface area contributed by atoms with E-state index in [1.54, 1.807) is 0 Å². The highest BCUT2D eigenvalue weighted by molar-refractivity contribution is 9.10. The third-order valence-electron chi connectivity index (χ3n) is 2.22. The molecule has 1 aromatic carbocycles. The number of nitro benzene ring substituents is 1. The van der Waals surface area contributed by atoms with E-state index in [1.165, 1.54) is 18.2 Å². The Morgan fingerprint density at radius 2 is 2.05 bits per heavy atom. The molecule has 0 saturated carbocycles. The first-order valence-electron chi connectivity index (χ1n) is 5.03. The summed E-state index contributed by atoms with van der Waals surface area (Å²) in [5, 5.41) is 12.8. The number of hydrogen-bond acceptors (Lipinski definition) is 3. The van der Waals surface area contributed by atoms with Gasteiger partial charge >= 0.3 is 12.3 Å². The van der Waals surface area contributed by atoms with E-state index in [9.17, 15) is 27.7 Å². The maximum Gasteiger partial charge on any atom is 0.319 e. The Kier molecular flexibility index (Phi) is 5.24. The molecule has 0 aliphatic rings. The normalized spacial score (nSPS) is 11.9. The maximum absolute atomic E-state index is 12.6. The summed E-state index contributed by atoms with van der Waals surface area (Å²) in [7, 11) is 0. The van der Waals surface area contributed by atoms with Gasteiger partial charge in [-0.3, -0.25) is 10.1 Å². The standard InChI is InChI=1S/C10H9BrF4N2O2/c11-7-2-1-6(3-8(7)17(18)19)4-16-5-10(14,15)9(12)13/h1-3,9,16H,4-5H2. The van der Waals surface area contributed by atoms with Gasteiger partial charge in [0.1, 0.15) is 0 Å². The highest BCUT2D eigenvalue weighted by Gasteiger charge is 2.39. The molecule has 1 aromatic rings. The van der Waals surface area contributed by atoms with Crippen molar-refractivity contribution in [3.8, 4) is 0 Å². The Morgan fingerprint density at radius 3 is 2.58 bits per heavy atom. The van der Waals surface area contributed by atoms with Crippen LogP contribution < -0.4 is 5.32 Å². The molecule has 106 valence electrons. The number of hydrogen-bond donors (Lipinski definition) is 1. The molecule has 0 aliphatic carbocycles. The third kappa shape index (κ3) is 4.43.